The van der Waals surface area contributed by atoms with Crippen molar-refractivity contribution < 1.29 is 19.6 Å². The first-order chi connectivity index (χ1) is 11.5. The number of carbonyl (C=O) groups is 1. The number of nitrogens with zero attached hydrogens (tertiary/aromatic N) is 2. The third-order valence-electron chi connectivity index (χ3n) is 3.27. The van der Waals surface area contributed by atoms with Crippen LogP contribution in [-0.4, -0.2) is 32.2 Å². The lowest BCUT2D eigenvalue weighted by molar-refractivity contribution is -0.384. The van der Waals surface area contributed by atoms with Gasteiger partial charge < -0.3 is 14.8 Å². The summed E-state index contributed by atoms with van der Waals surface area (Å²) in [6.45, 7) is 0. The Balaban J connectivity index is 1.86. The van der Waals surface area contributed by atoms with Crippen LogP contribution >= 0.6 is 11.8 Å². The van der Waals surface area contributed by atoms with Crippen molar-refractivity contribution in [3.05, 3.63) is 52.1 Å². The normalized spacial score (nSPS) is 10.7. The van der Waals surface area contributed by atoms with E-state index in [1.807, 2.05) is 0 Å². The van der Waals surface area contributed by atoms with E-state index in [1.54, 1.807) is 6.07 Å². The Morgan fingerprint density at radius 3 is 2.79 bits per heavy atom. The van der Waals surface area contributed by atoms with E-state index in [2.05, 4.69) is 9.97 Å². The predicted molar refractivity (Wildman–Crippen MR) is 87.6 cm³/mol. The highest BCUT2D eigenvalue weighted by molar-refractivity contribution is 8.14. The number of rotatable bonds is 4. The Labute approximate surface area is 139 Å². The van der Waals surface area contributed by atoms with Gasteiger partial charge in [-0.15, -0.1) is 0 Å². The lowest BCUT2D eigenvalue weighted by Gasteiger charge is -2.04. The lowest BCUT2D eigenvalue weighted by atomic mass is 10.2. The topological polar surface area (TPSA) is 118 Å². The first-order valence-corrected chi connectivity index (χ1v) is 7.53. The van der Waals surface area contributed by atoms with Crippen LogP contribution in [0, 0.1) is 10.1 Å². The summed E-state index contributed by atoms with van der Waals surface area (Å²) in [6.07, 6.45) is 0. The summed E-state index contributed by atoms with van der Waals surface area (Å²) in [5.41, 5.74) is 1.02. The third kappa shape index (κ3) is 3.01. The molecule has 3 aromatic rings. The Morgan fingerprint density at radius 1 is 1.33 bits per heavy atom. The van der Waals surface area contributed by atoms with Crippen molar-refractivity contribution in [1.82, 2.24) is 9.97 Å². The standard InChI is InChI=1S/C15H11N3O5S/c1-23-9-3-4-10(13(19)7-9)14(20)24-15-16-11-5-2-8(18(21)22)6-12(11)17-15/h2-7,19H,1H3,(H,16,17). The van der Waals surface area contributed by atoms with Crippen LogP contribution in [0.2, 0.25) is 0 Å². The SMILES string of the molecule is COc1ccc(C(=O)Sc2nc3ccc([N+](=O)[O-])cc3[nH]2)c(O)c1. The van der Waals surface area contributed by atoms with Crippen molar-refractivity contribution in [1.29, 1.82) is 0 Å². The molecule has 3 rings (SSSR count). The molecule has 2 aromatic carbocycles. The Morgan fingerprint density at radius 2 is 2.12 bits per heavy atom. The monoisotopic (exact) mass is 345 g/mol. The van der Waals surface area contributed by atoms with Gasteiger partial charge in [0.1, 0.15) is 11.5 Å². The predicted octanol–water partition coefficient (Wildman–Crippen LogP) is 3.12. The number of H-pyrrole nitrogens is 1. The minimum absolute atomic E-state index is 0.0678. The maximum absolute atomic E-state index is 12.3. The molecule has 0 aliphatic carbocycles. The fourth-order valence-corrected chi connectivity index (χ4v) is 2.85. The molecule has 0 unspecified atom stereocenters. The Kier molecular flexibility index (Phi) is 4.09. The molecule has 0 fully saturated rings. The van der Waals surface area contributed by atoms with E-state index < -0.39 is 10.0 Å². The summed E-state index contributed by atoms with van der Waals surface area (Å²) >= 11 is 0.788. The second-order valence-electron chi connectivity index (χ2n) is 4.77. The van der Waals surface area contributed by atoms with E-state index in [-0.39, 0.29) is 22.2 Å². The van der Waals surface area contributed by atoms with Crippen LogP contribution in [0.5, 0.6) is 11.5 Å². The van der Waals surface area contributed by atoms with Crippen molar-refractivity contribution in [3.63, 3.8) is 0 Å². The number of phenolic OH excluding ortho intramolecular Hbond substituents is 1. The molecule has 2 N–H and O–H groups in total. The molecule has 0 radical (unpaired) electrons. The van der Waals surface area contributed by atoms with Gasteiger partial charge >= 0.3 is 0 Å². The van der Waals surface area contributed by atoms with E-state index in [0.717, 1.165) is 11.8 Å². The van der Waals surface area contributed by atoms with Crippen LogP contribution in [0.15, 0.2) is 41.6 Å². The number of nitrogens with one attached hydrogen (secondary N) is 1. The Hall–Kier alpha value is -3.07. The molecule has 8 nitrogen and oxygen atoms in total. The first-order valence-electron chi connectivity index (χ1n) is 6.71. The second kappa shape index (κ2) is 6.20. The molecule has 9 heteroatoms. The van der Waals surface area contributed by atoms with Gasteiger partial charge in [-0.05, 0) is 30.0 Å². The van der Waals surface area contributed by atoms with Crippen molar-refractivity contribution >= 4 is 33.6 Å². The van der Waals surface area contributed by atoms with Crippen molar-refractivity contribution in [2.45, 2.75) is 5.16 Å². The number of aromatic nitrogens is 2. The number of aromatic amines is 1. The van der Waals surface area contributed by atoms with Gasteiger partial charge in [0, 0.05) is 18.2 Å². The van der Waals surface area contributed by atoms with Crippen molar-refractivity contribution in [2.24, 2.45) is 0 Å². The van der Waals surface area contributed by atoms with Crippen LogP contribution in [0.25, 0.3) is 11.0 Å². The van der Waals surface area contributed by atoms with Gasteiger partial charge in [0.2, 0.25) is 5.12 Å². The van der Waals surface area contributed by atoms with Crippen LogP contribution in [-0.2, 0) is 0 Å². The van der Waals surface area contributed by atoms with Gasteiger partial charge in [-0.3, -0.25) is 14.9 Å². The third-order valence-corrected chi connectivity index (χ3v) is 4.06. The minimum atomic E-state index is -0.506. The summed E-state index contributed by atoms with van der Waals surface area (Å²) < 4.78 is 4.97. The number of thioether (sulfide) groups is 1. The lowest BCUT2D eigenvalue weighted by Crippen LogP contribution is -1.95. The van der Waals surface area contributed by atoms with E-state index in [9.17, 15) is 20.0 Å². The molecule has 122 valence electrons. The minimum Gasteiger partial charge on any atom is -0.507 e. The number of nitro groups is 1. The molecular formula is C15H11N3O5S. The summed E-state index contributed by atoms with van der Waals surface area (Å²) in [4.78, 5) is 29.6. The number of nitro benzene ring substituents is 1. The van der Waals surface area contributed by atoms with E-state index in [1.165, 1.54) is 37.4 Å². The average Bonchev–Trinajstić information content (AvgIpc) is 2.95. The summed E-state index contributed by atoms with van der Waals surface area (Å²) in [7, 11) is 1.46. The number of imidazole rings is 1. The van der Waals surface area contributed by atoms with Crippen molar-refractivity contribution in [3.8, 4) is 11.5 Å². The fourth-order valence-electron chi connectivity index (χ4n) is 2.09. The number of hydrogen-bond acceptors (Lipinski definition) is 7. The largest absolute Gasteiger partial charge is 0.507 e. The van der Waals surface area contributed by atoms with Gasteiger partial charge in [-0.1, -0.05) is 0 Å². The van der Waals surface area contributed by atoms with Gasteiger partial charge in [0.25, 0.3) is 5.69 Å². The molecule has 1 heterocycles. The van der Waals surface area contributed by atoms with Crippen LogP contribution in [0.1, 0.15) is 10.4 Å². The molecule has 0 aliphatic heterocycles. The number of methoxy groups -OCH3 is 1. The number of hydrogen-bond donors (Lipinski definition) is 2. The Bertz CT molecular complexity index is 953. The second-order valence-corrected chi connectivity index (χ2v) is 5.73. The highest BCUT2D eigenvalue weighted by atomic mass is 32.2. The smallest absolute Gasteiger partial charge is 0.271 e. The number of aromatic hydroxyl groups is 1. The summed E-state index contributed by atoms with van der Waals surface area (Å²) in [5, 5.41) is 20.5. The van der Waals surface area contributed by atoms with Gasteiger partial charge in [-0.25, -0.2) is 4.98 Å². The quantitative estimate of drug-likeness (QED) is 0.423. The number of benzene rings is 2. The maximum Gasteiger partial charge on any atom is 0.271 e. The molecule has 0 aliphatic rings. The van der Waals surface area contributed by atoms with Crippen LogP contribution in [0.4, 0.5) is 5.69 Å². The zero-order chi connectivity index (χ0) is 17.3. The van der Waals surface area contributed by atoms with Gasteiger partial charge in [-0.2, -0.15) is 0 Å². The molecule has 0 saturated heterocycles. The number of fused-ring (bicyclic) bond motifs is 1. The number of phenols is 1. The highest BCUT2D eigenvalue weighted by Crippen LogP contribution is 2.30. The molecule has 0 atom stereocenters. The number of ether oxygens (including phenoxy) is 1. The van der Waals surface area contributed by atoms with Gasteiger partial charge in [0.15, 0.2) is 5.16 Å². The van der Waals surface area contributed by atoms with Gasteiger partial charge in [0.05, 0.1) is 28.6 Å². The van der Waals surface area contributed by atoms with Crippen LogP contribution < -0.4 is 4.74 Å². The van der Waals surface area contributed by atoms with Crippen LogP contribution in [0.3, 0.4) is 0 Å². The molecule has 1 aromatic heterocycles. The summed E-state index contributed by atoms with van der Waals surface area (Å²) in [6, 6.07) is 8.56. The van der Waals surface area contributed by atoms with E-state index in [0.29, 0.717) is 16.8 Å². The molecule has 24 heavy (non-hydrogen) atoms. The van der Waals surface area contributed by atoms with E-state index >= 15 is 0 Å². The summed E-state index contributed by atoms with van der Waals surface area (Å²) in [5.74, 6) is 0.240. The molecule has 0 bridgehead atoms. The molecule has 0 saturated carbocycles. The van der Waals surface area contributed by atoms with Crippen molar-refractivity contribution in [2.75, 3.05) is 7.11 Å². The molecule has 0 spiro atoms. The zero-order valence-corrected chi connectivity index (χ0v) is 13.2. The van der Waals surface area contributed by atoms with E-state index in [4.69, 9.17) is 4.74 Å². The highest BCUT2D eigenvalue weighted by Gasteiger charge is 2.17. The average molecular weight is 345 g/mol. The fraction of sp³-hybridized carbons (Fsp3) is 0.0667. The molecule has 0 amide bonds. The number of carbonyl (C=O) groups excluding carboxylic acids is 1. The maximum atomic E-state index is 12.3. The number of non-ortho nitro benzene ring substituents is 1. The first kappa shape index (κ1) is 15.8. The molecular weight excluding hydrogens is 334 g/mol. The zero-order valence-electron chi connectivity index (χ0n) is 12.3.